The number of carbonyl (C=O) groups is 3. The van der Waals surface area contributed by atoms with E-state index in [0.717, 1.165) is 17.3 Å². The summed E-state index contributed by atoms with van der Waals surface area (Å²) in [6.45, 7) is 3.06. The van der Waals surface area contributed by atoms with Crippen LogP contribution in [0.25, 0.3) is 0 Å². The predicted octanol–water partition coefficient (Wildman–Crippen LogP) is 2.18. The Labute approximate surface area is 189 Å². The van der Waals surface area contributed by atoms with E-state index in [1.54, 1.807) is 13.0 Å². The number of esters is 3. The molecule has 5 rings (SSSR count). The molecule has 0 aromatic heterocycles. The van der Waals surface area contributed by atoms with Crippen molar-refractivity contribution >= 4 is 40.5 Å². The van der Waals surface area contributed by atoms with Crippen LogP contribution in [0.5, 0.6) is 0 Å². The van der Waals surface area contributed by atoms with Crippen LogP contribution in [-0.4, -0.2) is 52.4 Å². The summed E-state index contributed by atoms with van der Waals surface area (Å²) >= 11 is 2.34. The number of fused-ring (bicyclic) bond motifs is 1. The van der Waals surface area contributed by atoms with Gasteiger partial charge in [0.15, 0.2) is 0 Å². The lowest BCUT2D eigenvalue weighted by molar-refractivity contribution is -0.167. The third-order valence-electron chi connectivity index (χ3n) is 9.06. The summed E-state index contributed by atoms with van der Waals surface area (Å²) in [6, 6.07) is 0. The lowest BCUT2D eigenvalue weighted by Gasteiger charge is -2.46. The largest absolute Gasteiger partial charge is 0.469 e. The van der Waals surface area contributed by atoms with E-state index in [-0.39, 0.29) is 17.3 Å². The van der Waals surface area contributed by atoms with Crippen molar-refractivity contribution in [2.45, 2.75) is 57.3 Å². The summed E-state index contributed by atoms with van der Waals surface area (Å²) in [7, 11) is 1.37. The summed E-state index contributed by atoms with van der Waals surface area (Å²) in [5.74, 6) is -2.47. The van der Waals surface area contributed by atoms with Crippen molar-refractivity contribution in [1.29, 1.82) is 0 Å². The molecule has 0 amide bonds. The SMILES string of the molecule is COC(=O)C1C2[C@@]3(C=C[C@H](OC(C)=O)[C@]2(C)C(=O)O3)[C@@H]2CC[C@@]3(CI)C[C@@]12C[C@H]3O. The monoisotopic (exact) mass is 530 g/mol. The standard InChI is InChI=1S/C22H27IO7/c1-11(24)29-14-5-7-22-12-4-6-20(10-23)9-21(12,8-13(20)25)15(17(26)28-3)16(22)19(14,2)18(27)30-22/h5,7,12-16,25H,4,6,8-10H2,1-3H3/t12-,13-,14+,15?,16?,19+,20+,21-,22-/m1/s1. The van der Waals surface area contributed by atoms with Crippen LogP contribution in [0, 0.1) is 34.0 Å². The van der Waals surface area contributed by atoms with Crippen molar-refractivity contribution in [2.75, 3.05) is 11.5 Å². The Morgan fingerprint density at radius 3 is 2.77 bits per heavy atom. The van der Waals surface area contributed by atoms with Gasteiger partial charge in [0.25, 0.3) is 0 Å². The number of rotatable bonds is 3. The van der Waals surface area contributed by atoms with Gasteiger partial charge < -0.3 is 19.3 Å². The second kappa shape index (κ2) is 6.21. The number of ether oxygens (including phenoxy) is 3. The predicted molar refractivity (Wildman–Crippen MR) is 112 cm³/mol. The molecule has 2 unspecified atom stereocenters. The third kappa shape index (κ3) is 2.12. The zero-order chi connectivity index (χ0) is 21.7. The van der Waals surface area contributed by atoms with Gasteiger partial charge in [-0.3, -0.25) is 14.4 Å². The van der Waals surface area contributed by atoms with Gasteiger partial charge in [0.1, 0.15) is 17.1 Å². The first kappa shape index (κ1) is 20.7. The van der Waals surface area contributed by atoms with Gasteiger partial charge in [-0.05, 0) is 50.2 Å². The average Bonchev–Trinajstić information content (AvgIpc) is 3.14. The molecule has 4 aliphatic carbocycles. The number of carbonyl (C=O) groups excluding carboxylic acids is 3. The Hall–Kier alpha value is -1.16. The number of aliphatic hydroxyl groups is 1. The molecule has 1 heterocycles. The molecule has 0 radical (unpaired) electrons. The highest BCUT2D eigenvalue weighted by atomic mass is 127. The molecule has 5 aliphatic rings. The Balaban J connectivity index is 1.71. The summed E-state index contributed by atoms with van der Waals surface area (Å²) in [6.07, 6.45) is 5.16. The van der Waals surface area contributed by atoms with Crippen LogP contribution in [0.2, 0.25) is 0 Å². The molecule has 8 heteroatoms. The first-order chi connectivity index (χ1) is 14.1. The van der Waals surface area contributed by atoms with Crippen molar-refractivity contribution in [3.05, 3.63) is 12.2 Å². The van der Waals surface area contributed by atoms with E-state index < -0.39 is 52.4 Å². The lowest BCUT2D eigenvalue weighted by Crippen LogP contribution is -2.52. The minimum absolute atomic E-state index is 0.0763. The number of aliphatic hydroxyl groups excluding tert-OH is 1. The molecule has 0 aromatic rings. The van der Waals surface area contributed by atoms with Gasteiger partial charge in [-0.25, -0.2) is 0 Å². The number of methoxy groups -OCH3 is 1. The molecule has 1 saturated heterocycles. The van der Waals surface area contributed by atoms with Crippen molar-refractivity contribution < 1.29 is 33.7 Å². The molecule has 164 valence electrons. The van der Waals surface area contributed by atoms with Gasteiger partial charge in [-0.2, -0.15) is 0 Å². The van der Waals surface area contributed by atoms with Gasteiger partial charge in [0.05, 0.1) is 19.1 Å². The zero-order valence-electron chi connectivity index (χ0n) is 17.4. The molecule has 7 nitrogen and oxygen atoms in total. The van der Waals surface area contributed by atoms with E-state index in [9.17, 15) is 19.5 Å². The molecule has 3 saturated carbocycles. The van der Waals surface area contributed by atoms with Gasteiger partial charge >= 0.3 is 17.9 Å². The van der Waals surface area contributed by atoms with E-state index in [1.807, 2.05) is 6.08 Å². The molecular weight excluding hydrogens is 503 g/mol. The maximum absolute atomic E-state index is 13.3. The van der Waals surface area contributed by atoms with Gasteiger partial charge in [0, 0.05) is 28.6 Å². The van der Waals surface area contributed by atoms with Gasteiger partial charge in [-0.15, -0.1) is 0 Å². The van der Waals surface area contributed by atoms with Crippen molar-refractivity contribution in [3.63, 3.8) is 0 Å². The summed E-state index contributed by atoms with van der Waals surface area (Å²) < 4.78 is 17.8. The van der Waals surface area contributed by atoms with Crippen LogP contribution >= 0.6 is 22.6 Å². The Morgan fingerprint density at radius 1 is 1.40 bits per heavy atom. The van der Waals surface area contributed by atoms with Crippen LogP contribution in [0.3, 0.4) is 0 Å². The Morgan fingerprint density at radius 2 is 2.13 bits per heavy atom. The van der Waals surface area contributed by atoms with Crippen molar-refractivity contribution in [2.24, 2.45) is 34.0 Å². The molecule has 1 aliphatic heterocycles. The van der Waals surface area contributed by atoms with Crippen LogP contribution < -0.4 is 0 Å². The van der Waals surface area contributed by atoms with Gasteiger partial charge in [0.2, 0.25) is 0 Å². The molecular formula is C22H27IO7. The van der Waals surface area contributed by atoms with E-state index in [1.165, 1.54) is 14.0 Å². The minimum Gasteiger partial charge on any atom is -0.469 e. The molecule has 0 aromatic carbocycles. The molecule has 1 spiro atoms. The number of hydrogen-bond donors (Lipinski definition) is 1. The second-order valence-electron chi connectivity index (χ2n) is 10.1. The highest BCUT2D eigenvalue weighted by molar-refractivity contribution is 14.1. The molecule has 4 bridgehead atoms. The smallest absolute Gasteiger partial charge is 0.317 e. The quantitative estimate of drug-likeness (QED) is 0.196. The van der Waals surface area contributed by atoms with E-state index in [0.29, 0.717) is 12.8 Å². The second-order valence-corrected chi connectivity index (χ2v) is 10.9. The number of alkyl halides is 1. The van der Waals surface area contributed by atoms with E-state index in [4.69, 9.17) is 14.2 Å². The Kier molecular flexibility index (Phi) is 4.29. The number of hydrogen-bond acceptors (Lipinski definition) is 7. The van der Waals surface area contributed by atoms with Gasteiger partial charge in [-0.1, -0.05) is 22.6 Å². The molecule has 4 fully saturated rings. The normalized spacial score (nSPS) is 52.4. The minimum atomic E-state index is -1.17. The van der Waals surface area contributed by atoms with E-state index in [2.05, 4.69) is 22.6 Å². The van der Waals surface area contributed by atoms with Crippen LogP contribution in [0.15, 0.2) is 12.2 Å². The molecule has 1 N–H and O–H groups in total. The average molecular weight is 530 g/mol. The maximum atomic E-state index is 13.3. The first-order valence-corrected chi connectivity index (χ1v) is 12.1. The van der Waals surface area contributed by atoms with E-state index >= 15 is 0 Å². The van der Waals surface area contributed by atoms with Crippen LogP contribution in [-0.2, 0) is 28.6 Å². The Bertz CT molecular complexity index is 872. The summed E-state index contributed by atoms with van der Waals surface area (Å²) in [5.41, 5.74) is -2.83. The van der Waals surface area contributed by atoms with Crippen LogP contribution in [0.1, 0.15) is 39.5 Å². The first-order valence-electron chi connectivity index (χ1n) is 10.5. The third-order valence-corrected chi connectivity index (χ3v) is 10.6. The summed E-state index contributed by atoms with van der Waals surface area (Å²) in [4.78, 5) is 38.3. The summed E-state index contributed by atoms with van der Waals surface area (Å²) in [5, 5.41) is 11.1. The number of halogens is 1. The fourth-order valence-electron chi connectivity index (χ4n) is 7.97. The van der Waals surface area contributed by atoms with Crippen molar-refractivity contribution in [3.8, 4) is 0 Å². The highest BCUT2D eigenvalue weighted by Crippen LogP contribution is 2.78. The maximum Gasteiger partial charge on any atom is 0.317 e. The zero-order valence-corrected chi connectivity index (χ0v) is 19.5. The molecule has 30 heavy (non-hydrogen) atoms. The van der Waals surface area contributed by atoms with Crippen molar-refractivity contribution in [1.82, 2.24) is 0 Å². The van der Waals surface area contributed by atoms with Crippen LogP contribution in [0.4, 0.5) is 0 Å². The lowest BCUT2D eigenvalue weighted by atomic mass is 9.60. The fraction of sp³-hybridized carbons (Fsp3) is 0.773. The highest BCUT2D eigenvalue weighted by Gasteiger charge is 2.84. The fourth-order valence-corrected chi connectivity index (χ4v) is 9.13. The topological polar surface area (TPSA) is 99.1 Å². The molecule has 9 atom stereocenters.